The van der Waals surface area contributed by atoms with Crippen LogP contribution < -0.4 is 10.9 Å². The van der Waals surface area contributed by atoms with Crippen molar-refractivity contribution in [3.8, 4) is 0 Å². The van der Waals surface area contributed by atoms with Crippen molar-refractivity contribution >= 4 is 43.2 Å². The third-order valence-electron chi connectivity index (χ3n) is 6.04. The van der Waals surface area contributed by atoms with E-state index < -0.39 is 10.0 Å². The Balaban J connectivity index is 1.36. The molecule has 2 aromatic heterocycles. The zero-order chi connectivity index (χ0) is 25.3. The molecule has 1 fully saturated rings. The number of rotatable bonds is 6. The van der Waals surface area contributed by atoms with Gasteiger partial charge in [-0.1, -0.05) is 30.3 Å². The van der Waals surface area contributed by atoms with Crippen LogP contribution in [-0.4, -0.2) is 54.5 Å². The van der Waals surface area contributed by atoms with Crippen LogP contribution in [0.5, 0.6) is 0 Å². The normalized spacial score (nSPS) is 14.7. The number of anilines is 1. The summed E-state index contributed by atoms with van der Waals surface area (Å²) in [4.78, 5) is 31.6. The second kappa shape index (κ2) is 9.94. The first-order valence-corrected chi connectivity index (χ1v) is 13.6. The summed E-state index contributed by atoms with van der Waals surface area (Å²) >= 11 is 1.16. The lowest BCUT2D eigenvalue weighted by atomic mass is 10.2. The number of hydrogen-bond donors (Lipinski definition) is 1. The van der Waals surface area contributed by atoms with Gasteiger partial charge in [0.2, 0.25) is 10.0 Å². The lowest BCUT2D eigenvalue weighted by molar-refractivity contribution is 0.0730. The maximum absolute atomic E-state index is 13.1. The van der Waals surface area contributed by atoms with Crippen LogP contribution in [-0.2, 0) is 21.3 Å². The second-order valence-electron chi connectivity index (χ2n) is 8.39. The number of aromatic nitrogens is 2. The second-order valence-corrected chi connectivity index (χ2v) is 11.3. The number of benzene rings is 2. The molecule has 0 atom stereocenters. The summed E-state index contributed by atoms with van der Waals surface area (Å²) in [6, 6.07) is 15.7. The number of nitrogens with one attached hydrogen (secondary N) is 1. The van der Waals surface area contributed by atoms with Crippen molar-refractivity contribution in [2.75, 3.05) is 31.6 Å². The highest BCUT2D eigenvalue weighted by Gasteiger charge is 2.26. The van der Waals surface area contributed by atoms with Gasteiger partial charge in [-0.05, 0) is 42.3 Å². The van der Waals surface area contributed by atoms with Crippen LogP contribution in [0.3, 0.4) is 0 Å². The molecule has 0 unspecified atom stereocenters. The van der Waals surface area contributed by atoms with E-state index in [0.29, 0.717) is 59.2 Å². The number of ether oxygens (including phenoxy) is 1. The van der Waals surface area contributed by atoms with Crippen molar-refractivity contribution in [1.29, 1.82) is 0 Å². The van der Waals surface area contributed by atoms with Gasteiger partial charge in [-0.25, -0.2) is 13.4 Å². The molecule has 9 nitrogen and oxygen atoms in total. The predicted octanol–water partition coefficient (Wildman–Crippen LogP) is 3.09. The van der Waals surface area contributed by atoms with Gasteiger partial charge < -0.3 is 10.1 Å². The largest absolute Gasteiger partial charge is 0.379 e. The highest BCUT2D eigenvalue weighted by Crippen LogP contribution is 2.28. The Kier molecular flexibility index (Phi) is 6.71. The highest BCUT2D eigenvalue weighted by molar-refractivity contribution is 7.89. The number of aryl methyl sites for hydroxylation is 1. The van der Waals surface area contributed by atoms with Crippen molar-refractivity contribution in [2.45, 2.75) is 18.4 Å². The van der Waals surface area contributed by atoms with E-state index in [9.17, 15) is 18.0 Å². The molecule has 5 rings (SSSR count). The number of fused-ring (bicyclic) bond motifs is 1. The third kappa shape index (κ3) is 4.70. The predicted molar refractivity (Wildman–Crippen MR) is 138 cm³/mol. The molecule has 0 saturated carbocycles. The van der Waals surface area contributed by atoms with Crippen molar-refractivity contribution in [3.63, 3.8) is 0 Å². The van der Waals surface area contributed by atoms with E-state index >= 15 is 0 Å². The average Bonchev–Trinajstić information content (AvgIpc) is 3.24. The molecule has 1 N–H and O–H groups in total. The van der Waals surface area contributed by atoms with Crippen LogP contribution in [0.15, 0.2) is 70.6 Å². The Hall–Kier alpha value is -3.38. The lowest BCUT2D eigenvalue weighted by Crippen LogP contribution is -2.40. The maximum atomic E-state index is 13.1. The SMILES string of the molecule is Cc1c(C(=O)Nc2ccc(S(=O)(=O)N3CCOCC3)cc2)sc2ncn(Cc3ccccc3)c(=O)c12. The zero-order valence-electron chi connectivity index (χ0n) is 19.5. The molecule has 0 spiro atoms. The van der Waals surface area contributed by atoms with E-state index in [1.807, 2.05) is 30.3 Å². The monoisotopic (exact) mass is 524 g/mol. The molecular weight excluding hydrogens is 500 g/mol. The minimum absolute atomic E-state index is 0.156. The first kappa shape index (κ1) is 24.3. The maximum Gasteiger partial charge on any atom is 0.266 e. The fourth-order valence-electron chi connectivity index (χ4n) is 4.10. The van der Waals surface area contributed by atoms with Gasteiger partial charge >= 0.3 is 0 Å². The minimum atomic E-state index is -3.62. The summed E-state index contributed by atoms with van der Waals surface area (Å²) in [6.45, 7) is 3.49. The Bertz CT molecular complexity index is 1570. The van der Waals surface area contributed by atoms with Crippen molar-refractivity contribution in [1.82, 2.24) is 13.9 Å². The Labute approximate surface area is 212 Å². The number of sulfonamides is 1. The van der Waals surface area contributed by atoms with Crippen LogP contribution in [0, 0.1) is 6.92 Å². The van der Waals surface area contributed by atoms with E-state index in [-0.39, 0.29) is 16.4 Å². The van der Waals surface area contributed by atoms with Crippen LogP contribution in [0.2, 0.25) is 0 Å². The van der Waals surface area contributed by atoms with E-state index in [1.165, 1.54) is 27.3 Å². The average molecular weight is 525 g/mol. The van der Waals surface area contributed by atoms with Gasteiger partial charge in [-0.15, -0.1) is 11.3 Å². The standard InChI is InChI=1S/C25H24N4O5S2/c1-17-21-24(26-16-28(25(21)31)15-18-5-3-2-4-6-18)35-22(17)23(30)27-19-7-9-20(10-8-19)36(32,33)29-11-13-34-14-12-29/h2-10,16H,11-15H2,1H3,(H,27,30). The van der Waals surface area contributed by atoms with Crippen molar-refractivity contribution in [2.24, 2.45) is 0 Å². The number of carbonyl (C=O) groups is 1. The summed E-state index contributed by atoms with van der Waals surface area (Å²) < 4.78 is 33.8. The number of morpholine rings is 1. The van der Waals surface area contributed by atoms with Gasteiger partial charge in [-0.3, -0.25) is 14.2 Å². The van der Waals surface area contributed by atoms with Gasteiger partial charge in [0.15, 0.2) is 0 Å². The molecule has 0 radical (unpaired) electrons. The fraction of sp³-hybridized carbons (Fsp3) is 0.240. The van der Waals surface area contributed by atoms with E-state index in [2.05, 4.69) is 10.3 Å². The minimum Gasteiger partial charge on any atom is -0.379 e. The topological polar surface area (TPSA) is 111 Å². The van der Waals surface area contributed by atoms with Crippen LogP contribution in [0.1, 0.15) is 20.8 Å². The quantitative estimate of drug-likeness (QED) is 0.415. The highest BCUT2D eigenvalue weighted by atomic mass is 32.2. The molecule has 0 bridgehead atoms. The van der Waals surface area contributed by atoms with Gasteiger partial charge in [0.25, 0.3) is 11.5 Å². The fourth-order valence-corrected chi connectivity index (χ4v) is 6.55. The molecule has 4 aromatic rings. The van der Waals surface area contributed by atoms with E-state index in [0.717, 1.165) is 16.9 Å². The zero-order valence-corrected chi connectivity index (χ0v) is 21.1. The molecule has 36 heavy (non-hydrogen) atoms. The van der Waals surface area contributed by atoms with Crippen molar-refractivity contribution in [3.05, 3.63) is 87.3 Å². The molecule has 1 aliphatic heterocycles. The Morgan fingerprint density at radius 1 is 1.08 bits per heavy atom. The molecule has 2 aromatic carbocycles. The molecule has 3 heterocycles. The first-order chi connectivity index (χ1) is 17.3. The summed E-state index contributed by atoms with van der Waals surface area (Å²) in [6.07, 6.45) is 1.50. The molecule has 0 aliphatic carbocycles. The van der Waals surface area contributed by atoms with Gasteiger partial charge in [0.05, 0.1) is 41.2 Å². The van der Waals surface area contributed by atoms with Gasteiger partial charge in [0, 0.05) is 18.8 Å². The summed E-state index contributed by atoms with van der Waals surface area (Å²) in [7, 11) is -3.62. The van der Waals surface area contributed by atoms with Crippen molar-refractivity contribution < 1.29 is 17.9 Å². The van der Waals surface area contributed by atoms with Crippen LogP contribution in [0.4, 0.5) is 5.69 Å². The Morgan fingerprint density at radius 2 is 1.78 bits per heavy atom. The molecule has 1 saturated heterocycles. The third-order valence-corrected chi connectivity index (χ3v) is 9.15. The number of thiophene rings is 1. The lowest BCUT2D eigenvalue weighted by Gasteiger charge is -2.26. The van der Waals surface area contributed by atoms with Crippen LogP contribution in [0.25, 0.3) is 10.2 Å². The number of carbonyl (C=O) groups excluding carboxylic acids is 1. The van der Waals surface area contributed by atoms with Gasteiger partial charge in [-0.2, -0.15) is 4.31 Å². The van der Waals surface area contributed by atoms with E-state index in [4.69, 9.17) is 4.74 Å². The summed E-state index contributed by atoms with van der Waals surface area (Å²) in [5.41, 5.74) is 1.80. The molecule has 186 valence electrons. The van der Waals surface area contributed by atoms with Crippen LogP contribution >= 0.6 is 11.3 Å². The van der Waals surface area contributed by atoms with Gasteiger partial charge in [0.1, 0.15) is 4.83 Å². The number of hydrogen-bond acceptors (Lipinski definition) is 7. The Morgan fingerprint density at radius 3 is 2.47 bits per heavy atom. The number of amides is 1. The molecule has 1 aliphatic rings. The smallest absolute Gasteiger partial charge is 0.266 e. The number of nitrogens with zero attached hydrogens (tertiary/aromatic N) is 3. The molecule has 1 amide bonds. The van der Waals surface area contributed by atoms with E-state index in [1.54, 1.807) is 19.1 Å². The summed E-state index contributed by atoms with van der Waals surface area (Å²) in [5, 5.41) is 3.22. The molecule has 11 heteroatoms. The summed E-state index contributed by atoms with van der Waals surface area (Å²) in [5.74, 6) is -0.381. The molecular formula is C25H24N4O5S2. The first-order valence-electron chi connectivity index (χ1n) is 11.4.